The molecule has 0 unspecified atom stereocenters. The molecule has 1 N–H and O–H groups in total. The molecule has 0 radical (unpaired) electrons. The summed E-state index contributed by atoms with van der Waals surface area (Å²) in [6.45, 7) is 4.25. The molecule has 4 rings (SSSR count). The van der Waals surface area contributed by atoms with Gasteiger partial charge in [0.1, 0.15) is 17.1 Å². The summed E-state index contributed by atoms with van der Waals surface area (Å²) in [6, 6.07) is 9.01. The van der Waals surface area contributed by atoms with Gasteiger partial charge >= 0.3 is 0 Å². The smallest absolute Gasteiger partial charge is 0.257 e. The van der Waals surface area contributed by atoms with E-state index in [1.807, 2.05) is 0 Å². The van der Waals surface area contributed by atoms with Crippen molar-refractivity contribution in [3.05, 3.63) is 53.1 Å². The van der Waals surface area contributed by atoms with E-state index in [0.717, 1.165) is 38.8 Å². The summed E-state index contributed by atoms with van der Waals surface area (Å²) >= 11 is 7.11. The number of aromatic nitrogens is 1. The van der Waals surface area contributed by atoms with E-state index in [1.165, 1.54) is 17.4 Å². The molecule has 2 aromatic carbocycles. The molecule has 1 aliphatic heterocycles. The van der Waals surface area contributed by atoms with Gasteiger partial charge in [0.15, 0.2) is 17.6 Å². The molecule has 0 atom stereocenters. The van der Waals surface area contributed by atoms with Crippen LogP contribution in [-0.4, -0.2) is 61.7 Å². The first-order valence-corrected chi connectivity index (χ1v) is 11.1. The van der Waals surface area contributed by atoms with E-state index in [-0.39, 0.29) is 18.0 Å². The number of piperazine rings is 1. The highest BCUT2D eigenvalue weighted by atomic mass is 35.5. The summed E-state index contributed by atoms with van der Waals surface area (Å²) in [4.78, 5) is 20.6. The highest BCUT2D eigenvalue weighted by Crippen LogP contribution is 2.31. The summed E-state index contributed by atoms with van der Waals surface area (Å²) in [5.74, 6) is -0.817. The van der Waals surface area contributed by atoms with Crippen LogP contribution in [0.4, 0.5) is 13.9 Å². The molecule has 1 aromatic heterocycles. The number of carbonyl (C=O) groups excluding carboxylic acids is 1. The predicted molar refractivity (Wildman–Crippen MR) is 118 cm³/mol. The van der Waals surface area contributed by atoms with Gasteiger partial charge in [-0.3, -0.25) is 9.69 Å². The first-order valence-electron chi connectivity index (χ1n) is 9.86. The molecule has 0 saturated carbocycles. The molecule has 31 heavy (non-hydrogen) atoms. The molecule has 10 heteroatoms. The molecule has 1 amide bonds. The van der Waals surface area contributed by atoms with Crippen molar-refractivity contribution in [3.63, 3.8) is 0 Å². The van der Waals surface area contributed by atoms with Gasteiger partial charge in [0, 0.05) is 50.4 Å². The average Bonchev–Trinajstić information content (AvgIpc) is 3.18. The van der Waals surface area contributed by atoms with Crippen molar-refractivity contribution in [1.29, 1.82) is 0 Å². The largest absolute Gasteiger partial charge is 0.484 e. The maximum Gasteiger partial charge on any atom is 0.257 e. The van der Waals surface area contributed by atoms with Crippen LogP contribution in [0.15, 0.2) is 36.4 Å². The number of nitrogens with zero attached hydrogens (tertiary/aromatic N) is 3. The van der Waals surface area contributed by atoms with Crippen LogP contribution < -0.4 is 15.0 Å². The fourth-order valence-corrected chi connectivity index (χ4v) is 4.51. The lowest BCUT2D eigenvalue weighted by molar-refractivity contribution is -0.123. The van der Waals surface area contributed by atoms with Crippen LogP contribution in [0.2, 0.25) is 5.02 Å². The van der Waals surface area contributed by atoms with Crippen LogP contribution in [0.3, 0.4) is 0 Å². The van der Waals surface area contributed by atoms with Gasteiger partial charge in [0.05, 0.1) is 4.70 Å². The minimum Gasteiger partial charge on any atom is -0.484 e. The Morgan fingerprint density at radius 1 is 1.16 bits per heavy atom. The van der Waals surface area contributed by atoms with Gasteiger partial charge in [-0.15, -0.1) is 0 Å². The number of thiazole rings is 1. The Hall–Kier alpha value is -2.49. The Balaban J connectivity index is 1.18. The number of carbonyl (C=O) groups is 1. The lowest BCUT2D eigenvalue weighted by Crippen LogP contribution is -2.48. The molecule has 1 aliphatic rings. The molecule has 6 nitrogen and oxygen atoms in total. The van der Waals surface area contributed by atoms with Crippen molar-refractivity contribution >= 4 is 44.2 Å². The minimum atomic E-state index is -0.632. The van der Waals surface area contributed by atoms with Crippen LogP contribution in [0.5, 0.6) is 5.75 Å². The van der Waals surface area contributed by atoms with Gasteiger partial charge in [0.2, 0.25) is 0 Å². The zero-order valence-corrected chi connectivity index (χ0v) is 18.2. The van der Waals surface area contributed by atoms with Crippen LogP contribution in [-0.2, 0) is 4.79 Å². The van der Waals surface area contributed by atoms with E-state index < -0.39 is 11.6 Å². The van der Waals surface area contributed by atoms with Crippen LogP contribution in [0.1, 0.15) is 0 Å². The number of nitrogens with one attached hydrogen (secondary N) is 1. The van der Waals surface area contributed by atoms with Crippen molar-refractivity contribution in [3.8, 4) is 5.75 Å². The molecule has 1 fully saturated rings. The van der Waals surface area contributed by atoms with E-state index in [2.05, 4.69) is 20.1 Å². The van der Waals surface area contributed by atoms with Crippen molar-refractivity contribution < 1.29 is 18.3 Å². The van der Waals surface area contributed by atoms with E-state index in [1.54, 1.807) is 24.3 Å². The number of amides is 1. The normalized spacial score (nSPS) is 14.7. The second-order valence-electron chi connectivity index (χ2n) is 7.15. The lowest BCUT2D eigenvalue weighted by Gasteiger charge is -2.34. The SMILES string of the molecule is O=C(COc1ccc(Cl)cc1)NCCN1CCN(c2nc3c(F)cc(F)cc3s2)CC1. The van der Waals surface area contributed by atoms with E-state index in [0.29, 0.717) is 27.1 Å². The fourth-order valence-electron chi connectivity index (χ4n) is 3.33. The Bertz CT molecular complexity index is 1060. The Morgan fingerprint density at radius 2 is 1.90 bits per heavy atom. The lowest BCUT2D eigenvalue weighted by atomic mass is 10.3. The number of benzene rings is 2. The molecule has 3 aromatic rings. The third-order valence-corrected chi connectivity index (χ3v) is 6.29. The van der Waals surface area contributed by atoms with Crippen molar-refractivity contribution in [2.45, 2.75) is 0 Å². The maximum atomic E-state index is 13.9. The number of hydrogen-bond donors (Lipinski definition) is 1. The maximum absolute atomic E-state index is 13.9. The first-order chi connectivity index (χ1) is 15.0. The molecule has 2 heterocycles. The first kappa shape index (κ1) is 21.7. The Kier molecular flexibility index (Phi) is 6.84. The number of ether oxygens (including phenoxy) is 1. The van der Waals surface area contributed by atoms with Crippen LogP contribution in [0.25, 0.3) is 10.2 Å². The summed E-state index contributed by atoms with van der Waals surface area (Å²) in [6.07, 6.45) is 0. The fraction of sp³-hybridized carbons (Fsp3) is 0.333. The Labute approximate surface area is 187 Å². The number of hydrogen-bond acceptors (Lipinski definition) is 6. The molecule has 0 spiro atoms. The van der Waals surface area contributed by atoms with E-state index in [9.17, 15) is 13.6 Å². The highest BCUT2D eigenvalue weighted by molar-refractivity contribution is 7.22. The van der Waals surface area contributed by atoms with Gasteiger partial charge < -0.3 is 15.0 Å². The predicted octanol–water partition coefficient (Wildman–Crippen LogP) is 3.55. The molecular weight excluding hydrogens is 446 g/mol. The molecule has 0 bridgehead atoms. The third kappa shape index (κ3) is 5.61. The van der Waals surface area contributed by atoms with Crippen molar-refractivity contribution in [2.75, 3.05) is 50.8 Å². The number of halogens is 3. The molecule has 1 saturated heterocycles. The average molecular weight is 467 g/mol. The summed E-state index contributed by atoms with van der Waals surface area (Å²) in [5, 5.41) is 4.16. The third-order valence-electron chi connectivity index (χ3n) is 4.98. The van der Waals surface area contributed by atoms with Gasteiger partial charge in [-0.05, 0) is 30.3 Å². The second kappa shape index (κ2) is 9.76. The van der Waals surface area contributed by atoms with Gasteiger partial charge in [-0.2, -0.15) is 0 Å². The summed E-state index contributed by atoms with van der Waals surface area (Å²) < 4.78 is 33.2. The van der Waals surface area contributed by atoms with E-state index in [4.69, 9.17) is 16.3 Å². The number of fused-ring (bicyclic) bond motifs is 1. The standard InChI is InChI=1S/C21H21ClF2N4O2S/c22-14-1-3-16(4-2-14)30-13-19(29)25-5-6-27-7-9-28(10-8-27)21-26-20-17(24)11-15(23)12-18(20)31-21/h1-4,11-12H,5-10,13H2,(H,25,29). The minimum absolute atomic E-state index is 0.0514. The zero-order valence-electron chi connectivity index (χ0n) is 16.6. The molecular formula is C21H21ClF2N4O2S. The van der Waals surface area contributed by atoms with Crippen LogP contribution in [0, 0.1) is 11.6 Å². The van der Waals surface area contributed by atoms with Crippen LogP contribution >= 0.6 is 22.9 Å². The van der Waals surface area contributed by atoms with E-state index >= 15 is 0 Å². The van der Waals surface area contributed by atoms with Gasteiger partial charge in [-0.1, -0.05) is 22.9 Å². The second-order valence-corrected chi connectivity index (χ2v) is 8.60. The monoisotopic (exact) mass is 466 g/mol. The summed E-state index contributed by atoms with van der Waals surface area (Å²) in [5.41, 5.74) is 0.215. The number of anilines is 1. The van der Waals surface area contributed by atoms with Gasteiger partial charge in [0.25, 0.3) is 5.91 Å². The Morgan fingerprint density at radius 3 is 2.65 bits per heavy atom. The topological polar surface area (TPSA) is 57.7 Å². The summed E-state index contributed by atoms with van der Waals surface area (Å²) in [7, 11) is 0. The quantitative estimate of drug-likeness (QED) is 0.577. The molecule has 164 valence electrons. The van der Waals surface area contributed by atoms with Crippen molar-refractivity contribution in [1.82, 2.24) is 15.2 Å². The molecule has 0 aliphatic carbocycles. The van der Waals surface area contributed by atoms with Crippen molar-refractivity contribution in [2.24, 2.45) is 0 Å². The highest BCUT2D eigenvalue weighted by Gasteiger charge is 2.21. The zero-order chi connectivity index (χ0) is 21.8. The van der Waals surface area contributed by atoms with Gasteiger partial charge in [-0.25, -0.2) is 13.8 Å². The number of rotatable bonds is 7.